The number of ether oxygens (including phenoxy) is 1. The highest BCUT2D eigenvalue weighted by Gasteiger charge is 2.30. The molecular weight excluding hydrogens is 650 g/mol. The fourth-order valence-corrected chi connectivity index (χ4v) is 6.90. The Labute approximate surface area is 208 Å². The fraction of sp³-hybridized carbons (Fsp3) is 0.111. The minimum absolute atomic E-state index is 0.0155. The monoisotopic (exact) mass is 660 g/mol. The summed E-state index contributed by atoms with van der Waals surface area (Å²) in [5.41, 5.74) is 6.66. The van der Waals surface area contributed by atoms with E-state index in [9.17, 15) is 9.36 Å². The predicted octanol–water partition coefficient (Wildman–Crippen LogP) is 6.60. The van der Waals surface area contributed by atoms with Crippen LogP contribution >= 0.6 is 78.5 Å². The van der Waals surface area contributed by atoms with Crippen LogP contribution in [0.3, 0.4) is 0 Å². The van der Waals surface area contributed by atoms with Crippen molar-refractivity contribution >= 4 is 95.6 Å². The standard InChI is InChI=1S/C18H14Br3Cl2N2O4P/c1-9(5-16(26)28-2)29-30(27,11-3-4-14(22)15(23)8-11)25-18(24)17-12(20)6-10(19)7-13(17)21/h3-8H,1-2H3,(H2,24,25,27)/b9-5+. The average molecular weight is 664 g/mol. The zero-order chi connectivity index (χ0) is 22.6. The summed E-state index contributed by atoms with van der Waals surface area (Å²) in [4.78, 5) is 11.5. The number of nitrogens with two attached hydrogens (primary N) is 1. The lowest BCUT2D eigenvalue weighted by molar-refractivity contribution is -0.135. The molecule has 0 aromatic heterocycles. The lowest BCUT2D eigenvalue weighted by atomic mass is 10.2. The van der Waals surface area contributed by atoms with E-state index in [1.165, 1.54) is 32.2 Å². The van der Waals surface area contributed by atoms with E-state index in [1.54, 1.807) is 12.1 Å². The molecule has 0 saturated carbocycles. The number of carbonyl (C=O) groups excluding carboxylic acids is 1. The fourth-order valence-electron chi connectivity index (χ4n) is 2.22. The lowest BCUT2D eigenvalue weighted by Gasteiger charge is -2.18. The molecule has 0 aliphatic carbocycles. The van der Waals surface area contributed by atoms with Crippen molar-refractivity contribution in [2.75, 3.05) is 7.11 Å². The number of halogens is 5. The topological polar surface area (TPSA) is 91.0 Å². The first-order valence-corrected chi connectivity index (χ1v) is 12.7. The first kappa shape index (κ1) is 25.4. The predicted molar refractivity (Wildman–Crippen MR) is 131 cm³/mol. The Balaban J connectivity index is 2.65. The molecule has 1 unspecified atom stereocenters. The molecular formula is C18H14Br3Cl2N2O4P. The highest BCUT2D eigenvalue weighted by Crippen LogP contribution is 2.51. The van der Waals surface area contributed by atoms with E-state index in [1.807, 2.05) is 0 Å². The lowest BCUT2D eigenvalue weighted by Crippen LogP contribution is -2.17. The summed E-state index contributed by atoms with van der Waals surface area (Å²) in [6.07, 6.45) is 1.04. The molecule has 2 N–H and O–H groups in total. The molecule has 0 bridgehead atoms. The van der Waals surface area contributed by atoms with E-state index in [0.29, 0.717) is 14.5 Å². The molecule has 6 nitrogen and oxygen atoms in total. The molecule has 0 fully saturated rings. The largest absolute Gasteiger partial charge is 0.466 e. The number of methoxy groups -OCH3 is 1. The van der Waals surface area contributed by atoms with Crippen LogP contribution < -0.4 is 11.0 Å². The Morgan fingerprint density at radius 1 is 1.13 bits per heavy atom. The van der Waals surface area contributed by atoms with E-state index in [-0.39, 0.29) is 26.9 Å². The van der Waals surface area contributed by atoms with Crippen LogP contribution in [0.5, 0.6) is 0 Å². The van der Waals surface area contributed by atoms with E-state index in [2.05, 4.69) is 57.3 Å². The minimum Gasteiger partial charge on any atom is -0.466 e. The maximum atomic E-state index is 13.8. The summed E-state index contributed by atoms with van der Waals surface area (Å²) >= 11 is 22.3. The molecule has 0 amide bonds. The average Bonchev–Trinajstić information content (AvgIpc) is 2.62. The zero-order valence-corrected chi connectivity index (χ0v) is 22.6. The van der Waals surface area contributed by atoms with Crippen LogP contribution in [0.15, 0.2) is 60.3 Å². The molecule has 0 heterocycles. The van der Waals surface area contributed by atoms with E-state index < -0.39 is 13.5 Å². The molecule has 30 heavy (non-hydrogen) atoms. The van der Waals surface area contributed by atoms with Gasteiger partial charge in [0.15, 0.2) is 0 Å². The zero-order valence-electron chi connectivity index (χ0n) is 15.5. The Kier molecular flexibility index (Phi) is 9.04. The van der Waals surface area contributed by atoms with Gasteiger partial charge in [-0.3, -0.25) is 0 Å². The van der Waals surface area contributed by atoms with Crippen molar-refractivity contribution in [2.45, 2.75) is 6.92 Å². The summed E-state index contributed by atoms with van der Waals surface area (Å²) < 4.78 is 30.2. The van der Waals surface area contributed by atoms with Crippen LogP contribution in [0.4, 0.5) is 0 Å². The van der Waals surface area contributed by atoms with Crippen LogP contribution in [0.2, 0.25) is 10.0 Å². The third-order valence-electron chi connectivity index (χ3n) is 3.52. The highest BCUT2D eigenvalue weighted by atomic mass is 79.9. The van der Waals surface area contributed by atoms with Gasteiger partial charge in [-0.25, -0.2) is 9.36 Å². The van der Waals surface area contributed by atoms with Gasteiger partial charge in [0.05, 0.1) is 28.5 Å². The number of nitrogens with zero attached hydrogens (tertiary/aromatic N) is 1. The maximum Gasteiger partial charge on any atom is 0.394 e. The summed E-state index contributed by atoms with van der Waals surface area (Å²) in [6.45, 7) is 1.44. The van der Waals surface area contributed by atoms with Gasteiger partial charge in [0.2, 0.25) is 0 Å². The molecule has 1 atom stereocenters. The van der Waals surface area contributed by atoms with Crippen LogP contribution in [0.25, 0.3) is 0 Å². The van der Waals surface area contributed by atoms with Crippen molar-refractivity contribution < 1.29 is 18.6 Å². The molecule has 0 spiro atoms. The normalized spacial score (nSPS) is 14.2. The first-order chi connectivity index (χ1) is 14.0. The summed E-state index contributed by atoms with van der Waals surface area (Å²) in [7, 11) is -2.81. The van der Waals surface area contributed by atoms with Gasteiger partial charge >= 0.3 is 13.5 Å². The van der Waals surface area contributed by atoms with Gasteiger partial charge in [-0.1, -0.05) is 39.1 Å². The molecule has 12 heteroatoms. The van der Waals surface area contributed by atoms with Crippen molar-refractivity contribution in [1.82, 2.24) is 0 Å². The van der Waals surface area contributed by atoms with Gasteiger partial charge in [0, 0.05) is 19.0 Å². The van der Waals surface area contributed by atoms with E-state index in [0.717, 1.165) is 10.5 Å². The Morgan fingerprint density at radius 2 is 1.73 bits per heavy atom. The molecule has 2 rings (SSSR count). The van der Waals surface area contributed by atoms with Crippen molar-refractivity contribution in [3.63, 3.8) is 0 Å². The number of allylic oxidation sites excluding steroid dienone is 1. The van der Waals surface area contributed by atoms with Gasteiger partial charge < -0.3 is 15.0 Å². The Hall–Kier alpha value is -0.830. The minimum atomic E-state index is -4.02. The van der Waals surface area contributed by atoms with Crippen molar-refractivity contribution in [2.24, 2.45) is 10.5 Å². The summed E-state index contributed by atoms with van der Waals surface area (Å²) in [5, 5.41) is 0.568. The smallest absolute Gasteiger partial charge is 0.394 e. The number of hydrogen-bond acceptors (Lipinski definition) is 4. The van der Waals surface area contributed by atoms with Gasteiger partial charge in [-0.2, -0.15) is 4.76 Å². The van der Waals surface area contributed by atoms with Crippen LogP contribution in [0.1, 0.15) is 12.5 Å². The number of hydrogen-bond donors (Lipinski definition) is 1. The first-order valence-electron chi connectivity index (χ1n) is 7.99. The summed E-state index contributed by atoms with van der Waals surface area (Å²) in [6, 6.07) is 7.82. The second kappa shape index (κ2) is 10.7. The molecule has 0 aliphatic heterocycles. The molecule has 0 aliphatic rings. The Bertz CT molecular complexity index is 1090. The second-order valence-electron chi connectivity index (χ2n) is 5.72. The quantitative estimate of drug-likeness (QED) is 0.0940. The maximum absolute atomic E-state index is 13.8. The molecule has 2 aromatic carbocycles. The van der Waals surface area contributed by atoms with Gasteiger partial charge in [0.1, 0.15) is 11.6 Å². The van der Waals surface area contributed by atoms with Crippen LogP contribution in [-0.2, 0) is 18.6 Å². The number of esters is 1. The van der Waals surface area contributed by atoms with Crippen molar-refractivity contribution in [3.8, 4) is 0 Å². The van der Waals surface area contributed by atoms with Crippen molar-refractivity contribution in [3.05, 3.63) is 71.2 Å². The molecule has 0 saturated heterocycles. The molecule has 160 valence electrons. The SMILES string of the molecule is COC(=O)/C=C(\C)OP(=O)(N=C(N)c1c(Br)cc(Br)cc1Br)c1ccc(Cl)c(Cl)c1. The highest BCUT2D eigenvalue weighted by molar-refractivity contribution is 9.11. The van der Waals surface area contributed by atoms with Gasteiger partial charge in [-0.05, 0) is 69.1 Å². The third-order valence-corrected chi connectivity index (χ3v) is 7.91. The van der Waals surface area contributed by atoms with Crippen LogP contribution in [-0.4, -0.2) is 18.9 Å². The Morgan fingerprint density at radius 3 is 2.27 bits per heavy atom. The van der Waals surface area contributed by atoms with Gasteiger partial charge in [-0.15, -0.1) is 0 Å². The number of benzene rings is 2. The van der Waals surface area contributed by atoms with Crippen LogP contribution in [0, 0.1) is 0 Å². The van der Waals surface area contributed by atoms with Crippen molar-refractivity contribution in [1.29, 1.82) is 0 Å². The van der Waals surface area contributed by atoms with E-state index >= 15 is 0 Å². The van der Waals surface area contributed by atoms with Gasteiger partial charge in [0.25, 0.3) is 0 Å². The number of rotatable bonds is 6. The molecule has 2 aromatic rings. The third kappa shape index (κ3) is 6.34. The second-order valence-corrected chi connectivity index (χ2v) is 11.1. The number of carbonyl (C=O) groups is 1. The summed E-state index contributed by atoms with van der Waals surface area (Å²) in [5.74, 6) is -0.730. The van der Waals surface area contributed by atoms with E-state index in [4.69, 9.17) is 33.5 Å². The molecule has 0 radical (unpaired) electrons. The number of amidine groups is 1.